The molecule has 0 amide bonds. The highest BCUT2D eigenvalue weighted by atomic mass is 16.5. The van der Waals surface area contributed by atoms with Crippen molar-refractivity contribution in [1.29, 1.82) is 0 Å². The Kier molecular flexibility index (Phi) is 10.2. The summed E-state index contributed by atoms with van der Waals surface area (Å²) in [4.78, 5) is 0. The fraction of sp³-hybridized carbons (Fsp3) is 0.655. The highest BCUT2D eigenvalue weighted by Gasteiger charge is 2.30. The Morgan fingerprint density at radius 1 is 0.733 bits per heavy atom. The molecule has 0 N–H and O–H groups in total. The van der Waals surface area contributed by atoms with Gasteiger partial charge in [-0.3, -0.25) is 0 Å². The van der Waals surface area contributed by atoms with Gasteiger partial charge in [0.2, 0.25) is 0 Å². The Bertz CT molecular complexity index is 625. The molecule has 2 saturated carbocycles. The van der Waals surface area contributed by atoms with E-state index in [-0.39, 0.29) is 0 Å². The number of benzene rings is 1. The molecule has 0 atom stereocenters. The lowest BCUT2D eigenvalue weighted by molar-refractivity contribution is 0.148. The molecule has 2 fully saturated rings. The summed E-state index contributed by atoms with van der Waals surface area (Å²) in [6.07, 6.45) is 24.2. The average molecular weight is 409 g/mol. The molecule has 0 unspecified atom stereocenters. The van der Waals surface area contributed by atoms with Crippen LogP contribution in [0.15, 0.2) is 48.6 Å². The standard InChI is InChI=1S/C29H44O/c1-3-5-7-9-24-10-14-26(15-11-24)28-18-20-29(21-19-28)27-16-12-25(13-17-27)23-30-22-8-6-4-2/h5-8,12-13,16-17,24,26,28-29H,3-4,9-11,14-15,18-23H2,1-2H3/b7-5+,8-6?. The van der Waals surface area contributed by atoms with Crippen molar-refractivity contribution in [2.45, 2.75) is 97.0 Å². The number of ether oxygens (including phenoxy) is 1. The van der Waals surface area contributed by atoms with Gasteiger partial charge in [-0.25, -0.2) is 0 Å². The molecule has 0 radical (unpaired) electrons. The summed E-state index contributed by atoms with van der Waals surface area (Å²) in [5.41, 5.74) is 2.84. The van der Waals surface area contributed by atoms with Crippen molar-refractivity contribution in [3.63, 3.8) is 0 Å². The summed E-state index contributed by atoms with van der Waals surface area (Å²) in [5.74, 6) is 3.75. The largest absolute Gasteiger partial charge is 0.373 e. The van der Waals surface area contributed by atoms with Crippen LogP contribution in [0.3, 0.4) is 0 Å². The van der Waals surface area contributed by atoms with Crippen LogP contribution < -0.4 is 0 Å². The SMILES string of the molecule is CCC=CCOCc1ccc(C2CCC(C3CCC(C/C=C/CC)CC3)CC2)cc1. The molecule has 0 bridgehead atoms. The van der Waals surface area contributed by atoms with Crippen LogP contribution in [0.25, 0.3) is 0 Å². The molecule has 2 aliphatic rings. The lowest BCUT2D eigenvalue weighted by Gasteiger charge is -2.38. The number of allylic oxidation sites excluding steroid dienone is 3. The minimum Gasteiger partial charge on any atom is -0.373 e. The zero-order valence-corrected chi connectivity index (χ0v) is 19.5. The van der Waals surface area contributed by atoms with Gasteiger partial charge < -0.3 is 4.74 Å². The molecule has 166 valence electrons. The molecule has 1 aromatic rings. The van der Waals surface area contributed by atoms with Crippen molar-refractivity contribution >= 4 is 0 Å². The van der Waals surface area contributed by atoms with Crippen LogP contribution >= 0.6 is 0 Å². The summed E-state index contributed by atoms with van der Waals surface area (Å²) < 4.78 is 5.73. The van der Waals surface area contributed by atoms with Gasteiger partial charge in [0, 0.05) is 0 Å². The van der Waals surface area contributed by atoms with E-state index in [1.165, 1.54) is 69.8 Å². The quantitative estimate of drug-likeness (QED) is 0.278. The summed E-state index contributed by atoms with van der Waals surface area (Å²) in [7, 11) is 0. The van der Waals surface area contributed by atoms with Gasteiger partial charge in [0.05, 0.1) is 13.2 Å². The third-order valence-corrected chi connectivity index (χ3v) is 7.54. The average Bonchev–Trinajstić information content (AvgIpc) is 2.80. The Morgan fingerprint density at radius 3 is 1.97 bits per heavy atom. The number of hydrogen-bond acceptors (Lipinski definition) is 1. The van der Waals surface area contributed by atoms with Gasteiger partial charge >= 0.3 is 0 Å². The third-order valence-electron chi connectivity index (χ3n) is 7.54. The second kappa shape index (κ2) is 13.2. The van der Waals surface area contributed by atoms with Gasteiger partial charge in [-0.2, -0.15) is 0 Å². The molecular weight excluding hydrogens is 364 g/mol. The molecule has 2 aliphatic carbocycles. The van der Waals surface area contributed by atoms with Gasteiger partial charge in [0.15, 0.2) is 0 Å². The van der Waals surface area contributed by atoms with Crippen LogP contribution in [0, 0.1) is 17.8 Å². The van der Waals surface area contributed by atoms with Crippen molar-refractivity contribution in [3.05, 3.63) is 59.7 Å². The van der Waals surface area contributed by atoms with E-state index in [1.54, 1.807) is 5.56 Å². The first-order valence-electron chi connectivity index (χ1n) is 12.8. The van der Waals surface area contributed by atoms with Crippen molar-refractivity contribution in [3.8, 4) is 0 Å². The first kappa shape index (κ1) is 23.3. The van der Waals surface area contributed by atoms with Crippen LogP contribution in [0.1, 0.15) is 102 Å². The molecule has 3 rings (SSSR count). The highest BCUT2D eigenvalue weighted by Crippen LogP contribution is 2.44. The monoisotopic (exact) mass is 408 g/mol. The van der Waals surface area contributed by atoms with Crippen LogP contribution in [-0.4, -0.2) is 6.61 Å². The fourth-order valence-electron chi connectivity index (χ4n) is 5.64. The first-order valence-corrected chi connectivity index (χ1v) is 12.8. The maximum absolute atomic E-state index is 5.73. The molecule has 0 spiro atoms. The third kappa shape index (κ3) is 7.41. The zero-order valence-electron chi connectivity index (χ0n) is 19.5. The van der Waals surface area contributed by atoms with E-state index in [4.69, 9.17) is 4.74 Å². The normalized spacial score (nSPS) is 27.8. The Hall–Kier alpha value is -1.34. The van der Waals surface area contributed by atoms with E-state index in [0.717, 1.165) is 43.3 Å². The van der Waals surface area contributed by atoms with Gasteiger partial charge in [-0.1, -0.05) is 62.4 Å². The zero-order chi connectivity index (χ0) is 21.0. The van der Waals surface area contributed by atoms with Crippen molar-refractivity contribution < 1.29 is 4.74 Å². The number of hydrogen-bond donors (Lipinski definition) is 0. The van der Waals surface area contributed by atoms with Crippen LogP contribution in [0.4, 0.5) is 0 Å². The summed E-state index contributed by atoms with van der Waals surface area (Å²) in [5, 5.41) is 0. The predicted molar refractivity (Wildman–Crippen MR) is 130 cm³/mol. The topological polar surface area (TPSA) is 9.23 Å². The van der Waals surface area contributed by atoms with Crippen molar-refractivity contribution in [1.82, 2.24) is 0 Å². The minimum atomic E-state index is 0.719. The summed E-state index contributed by atoms with van der Waals surface area (Å²) in [6.45, 7) is 5.83. The molecule has 1 heteroatoms. The fourth-order valence-corrected chi connectivity index (χ4v) is 5.64. The lowest BCUT2D eigenvalue weighted by atomic mass is 9.68. The lowest BCUT2D eigenvalue weighted by Crippen LogP contribution is -2.25. The van der Waals surface area contributed by atoms with Crippen molar-refractivity contribution in [2.75, 3.05) is 6.61 Å². The van der Waals surface area contributed by atoms with Gasteiger partial charge in [0.1, 0.15) is 0 Å². The maximum atomic E-state index is 5.73. The summed E-state index contributed by atoms with van der Waals surface area (Å²) in [6, 6.07) is 9.28. The van der Waals surface area contributed by atoms with E-state index < -0.39 is 0 Å². The van der Waals surface area contributed by atoms with Crippen LogP contribution in [0.2, 0.25) is 0 Å². The molecular formula is C29H44O. The number of rotatable bonds is 10. The van der Waals surface area contributed by atoms with E-state index in [0.29, 0.717) is 0 Å². The maximum Gasteiger partial charge on any atom is 0.0721 e. The highest BCUT2D eigenvalue weighted by molar-refractivity contribution is 5.25. The van der Waals surface area contributed by atoms with Crippen LogP contribution in [0.5, 0.6) is 0 Å². The van der Waals surface area contributed by atoms with E-state index in [1.807, 2.05) is 0 Å². The smallest absolute Gasteiger partial charge is 0.0721 e. The Morgan fingerprint density at radius 2 is 1.33 bits per heavy atom. The first-order chi connectivity index (χ1) is 14.8. The molecule has 0 aliphatic heterocycles. The minimum absolute atomic E-state index is 0.719. The van der Waals surface area contributed by atoms with Gasteiger partial charge in [0.25, 0.3) is 0 Å². The predicted octanol–water partition coefficient (Wildman–Crippen LogP) is 8.61. The second-order valence-corrected chi connectivity index (χ2v) is 9.64. The summed E-state index contributed by atoms with van der Waals surface area (Å²) >= 11 is 0. The molecule has 30 heavy (non-hydrogen) atoms. The van der Waals surface area contributed by atoms with E-state index >= 15 is 0 Å². The molecule has 0 saturated heterocycles. The molecule has 1 aromatic carbocycles. The molecule has 0 aromatic heterocycles. The van der Waals surface area contributed by atoms with Crippen molar-refractivity contribution in [2.24, 2.45) is 17.8 Å². The molecule has 0 heterocycles. The Labute approximate surface area is 186 Å². The Balaban J connectivity index is 1.37. The molecule has 1 nitrogen and oxygen atoms in total. The second-order valence-electron chi connectivity index (χ2n) is 9.64. The van der Waals surface area contributed by atoms with Gasteiger partial charge in [-0.05, 0) is 105 Å². The van der Waals surface area contributed by atoms with E-state index in [2.05, 4.69) is 62.4 Å². The van der Waals surface area contributed by atoms with Gasteiger partial charge in [-0.15, -0.1) is 0 Å². The van der Waals surface area contributed by atoms with E-state index in [9.17, 15) is 0 Å². The van der Waals surface area contributed by atoms with Crippen LogP contribution in [-0.2, 0) is 11.3 Å².